The van der Waals surface area contributed by atoms with E-state index in [-0.39, 0.29) is 18.4 Å². The van der Waals surface area contributed by atoms with Crippen molar-refractivity contribution in [2.45, 2.75) is 32.2 Å². The molecule has 0 unspecified atom stereocenters. The smallest absolute Gasteiger partial charge is 0.310 e. The predicted octanol–water partition coefficient (Wildman–Crippen LogP) is 3.71. The molecule has 25 heavy (non-hydrogen) atoms. The Morgan fingerprint density at radius 3 is 2.36 bits per heavy atom. The molecule has 0 radical (unpaired) electrons. The minimum atomic E-state index is -0.455. The van der Waals surface area contributed by atoms with Gasteiger partial charge >= 0.3 is 5.97 Å². The van der Waals surface area contributed by atoms with E-state index in [9.17, 15) is 4.79 Å². The fourth-order valence-corrected chi connectivity index (χ4v) is 2.85. The number of nitriles is 1. The van der Waals surface area contributed by atoms with Crippen LogP contribution in [0, 0.1) is 17.2 Å². The Morgan fingerprint density at radius 1 is 1.12 bits per heavy atom. The van der Waals surface area contributed by atoms with Crippen LogP contribution < -0.4 is 5.73 Å². The molecule has 130 valence electrons. The topological polar surface area (TPSA) is 76.1 Å². The second-order valence-corrected chi connectivity index (χ2v) is 6.07. The van der Waals surface area contributed by atoms with Crippen LogP contribution in [0.25, 0.3) is 11.1 Å². The van der Waals surface area contributed by atoms with Gasteiger partial charge in [0.25, 0.3) is 0 Å². The predicted molar refractivity (Wildman–Crippen MR) is 98.5 cm³/mol. The SMILES string of the molecule is CCOC(=O)[C@H](CC#N)C[C@H](N)Cc1ccc(-c2ccccc2)cc1. The summed E-state index contributed by atoms with van der Waals surface area (Å²) in [6.07, 6.45) is 1.25. The average molecular weight is 336 g/mol. The lowest BCUT2D eigenvalue weighted by Crippen LogP contribution is -2.30. The highest BCUT2D eigenvalue weighted by Gasteiger charge is 2.22. The molecule has 0 heterocycles. The van der Waals surface area contributed by atoms with Crippen LogP contribution in [-0.4, -0.2) is 18.6 Å². The van der Waals surface area contributed by atoms with Crippen molar-refractivity contribution in [3.8, 4) is 17.2 Å². The van der Waals surface area contributed by atoms with Crippen molar-refractivity contribution >= 4 is 5.97 Å². The highest BCUT2D eigenvalue weighted by molar-refractivity contribution is 5.72. The van der Waals surface area contributed by atoms with Gasteiger partial charge < -0.3 is 10.5 Å². The summed E-state index contributed by atoms with van der Waals surface area (Å²) in [5.74, 6) is -0.789. The Kier molecular flexibility index (Phi) is 7.18. The zero-order valence-electron chi connectivity index (χ0n) is 14.5. The number of benzene rings is 2. The second kappa shape index (κ2) is 9.61. The molecule has 0 aliphatic carbocycles. The first kappa shape index (κ1) is 18.7. The standard InChI is InChI=1S/C21H24N2O2/c1-2-25-21(24)19(12-13-22)15-20(23)14-16-8-10-18(11-9-16)17-6-4-3-5-7-17/h3-11,19-20H,2,12,14-15,23H2,1H3/t19-,20-/m1/s1. The molecule has 0 fully saturated rings. The van der Waals surface area contributed by atoms with E-state index in [0.717, 1.165) is 11.1 Å². The van der Waals surface area contributed by atoms with Crippen molar-refractivity contribution in [2.75, 3.05) is 6.61 Å². The van der Waals surface area contributed by atoms with Crippen molar-refractivity contribution in [1.82, 2.24) is 0 Å². The summed E-state index contributed by atoms with van der Waals surface area (Å²) < 4.78 is 5.03. The molecular formula is C21H24N2O2. The number of nitrogens with zero attached hydrogens (tertiary/aromatic N) is 1. The fourth-order valence-electron chi connectivity index (χ4n) is 2.85. The summed E-state index contributed by atoms with van der Waals surface area (Å²) in [5, 5.41) is 8.90. The normalized spacial score (nSPS) is 12.8. The van der Waals surface area contributed by atoms with Crippen molar-refractivity contribution < 1.29 is 9.53 Å². The molecule has 0 saturated heterocycles. The number of carbonyl (C=O) groups is 1. The maximum Gasteiger partial charge on any atom is 0.310 e. The third-order valence-corrected chi connectivity index (χ3v) is 4.10. The zero-order chi connectivity index (χ0) is 18.1. The maximum atomic E-state index is 11.9. The van der Waals surface area contributed by atoms with Crippen LogP contribution in [-0.2, 0) is 16.0 Å². The van der Waals surface area contributed by atoms with Gasteiger partial charge in [0, 0.05) is 12.5 Å². The van der Waals surface area contributed by atoms with Gasteiger partial charge in [0.15, 0.2) is 0 Å². The van der Waals surface area contributed by atoms with E-state index in [2.05, 4.69) is 36.4 Å². The molecule has 0 amide bonds. The van der Waals surface area contributed by atoms with Crippen LogP contribution in [0.4, 0.5) is 0 Å². The number of carbonyl (C=O) groups excluding carboxylic acids is 1. The Hall–Kier alpha value is -2.64. The lowest BCUT2D eigenvalue weighted by molar-refractivity contribution is -0.148. The Balaban J connectivity index is 1.96. The molecule has 4 nitrogen and oxygen atoms in total. The summed E-state index contributed by atoms with van der Waals surface area (Å²) in [5.41, 5.74) is 9.65. The Bertz CT molecular complexity index is 705. The minimum absolute atomic E-state index is 0.138. The van der Waals surface area contributed by atoms with Gasteiger partial charge in [-0.2, -0.15) is 5.26 Å². The van der Waals surface area contributed by atoms with Gasteiger partial charge in [0.1, 0.15) is 0 Å². The number of rotatable bonds is 8. The number of esters is 1. The summed E-state index contributed by atoms with van der Waals surface area (Å²) in [6.45, 7) is 2.08. The number of hydrogen-bond acceptors (Lipinski definition) is 4. The van der Waals surface area contributed by atoms with Crippen molar-refractivity contribution in [3.05, 3.63) is 60.2 Å². The molecule has 2 atom stereocenters. The zero-order valence-corrected chi connectivity index (χ0v) is 14.5. The van der Waals surface area contributed by atoms with Crippen LogP contribution in [0.5, 0.6) is 0 Å². The summed E-state index contributed by atoms with van der Waals surface area (Å²) >= 11 is 0. The van der Waals surface area contributed by atoms with Crippen LogP contribution in [0.2, 0.25) is 0 Å². The van der Waals surface area contributed by atoms with E-state index in [1.165, 1.54) is 5.56 Å². The molecule has 2 rings (SSSR count). The molecule has 2 N–H and O–H groups in total. The van der Waals surface area contributed by atoms with Gasteiger partial charge in [0.05, 0.1) is 18.6 Å². The third kappa shape index (κ3) is 5.74. The van der Waals surface area contributed by atoms with E-state index in [0.29, 0.717) is 19.4 Å². The molecule has 0 aromatic heterocycles. The second-order valence-electron chi connectivity index (χ2n) is 6.07. The molecule has 0 spiro atoms. The lowest BCUT2D eigenvalue weighted by Gasteiger charge is -2.18. The van der Waals surface area contributed by atoms with Crippen molar-refractivity contribution in [3.63, 3.8) is 0 Å². The first-order chi connectivity index (χ1) is 12.1. The van der Waals surface area contributed by atoms with Crippen molar-refractivity contribution in [1.29, 1.82) is 5.26 Å². The third-order valence-electron chi connectivity index (χ3n) is 4.10. The molecule has 0 saturated carbocycles. The van der Waals surface area contributed by atoms with Gasteiger partial charge in [-0.3, -0.25) is 4.79 Å². The van der Waals surface area contributed by atoms with Gasteiger partial charge in [-0.1, -0.05) is 54.6 Å². The molecule has 2 aromatic rings. The molecule has 0 bridgehead atoms. The highest BCUT2D eigenvalue weighted by atomic mass is 16.5. The van der Waals surface area contributed by atoms with Crippen LogP contribution in [0.3, 0.4) is 0 Å². The van der Waals surface area contributed by atoms with Crippen LogP contribution >= 0.6 is 0 Å². The molecule has 4 heteroatoms. The minimum Gasteiger partial charge on any atom is -0.466 e. The number of hydrogen-bond donors (Lipinski definition) is 1. The Morgan fingerprint density at radius 2 is 1.76 bits per heavy atom. The van der Waals surface area contributed by atoms with E-state index in [4.69, 9.17) is 15.7 Å². The van der Waals surface area contributed by atoms with Gasteiger partial charge in [-0.15, -0.1) is 0 Å². The van der Waals surface area contributed by atoms with E-state index >= 15 is 0 Å². The molecule has 2 aromatic carbocycles. The average Bonchev–Trinajstić information content (AvgIpc) is 2.63. The van der Waals surface area contributed by atoms with Crippen LogP contribution in [0.1, 0.15) is 25.3 Å². The Labute approximate surface area is 149 Å². The van der Waals surface area contributed by atoms with Gasteiger partial charge in [-0.25, -0.2) is 0 Å². The summed E-state index contributed by atoms with van der Waals surface area (Å²) in [6, 6.07) is 20.3. The first-order valence-corrected chi connectivity index (χ1v) is 8.57. The van der Waals surface area contributed by atoms with Gasteiger partial charge in [0.2, 0.25) is 0 Å². The largest absolute Gasteiger partial charge is 0.466 e. The molecule has 0 aliphatic rings. The number of nitrogens with two attached hydrogens (primary N) is 1. The summed E-state index contributed by atoms with van der Waals surface area (Å²) in [4.78, 5) is 11.9. The molecular weight excluding hydrogens is 312 g/mol. The first-order valence-electron chi connectivity index (χ1n) is 8.57. The maximum absolute atomic E-state index is 11.9. The van der Waals surface area contributed by atoms with Crippen LogP contribution in [0.15, 0.2) is 54.6 Å². The van der Waals surface area contributed by atoms with E-state index in [1.807, 2.05) is 24.3 Å². The van der Waals surface area contributed by atoms with Crippen molar-refractivity contribution in [2.24, 2.45) is 11.7 Å². The summed E-state index contributed by atoms with van der Waals surface area (Å²) in [7, 11) is 0. The molecule has 0 aliphatic heterocycles. The van der Waals surface area contributed by atoms with E-state index < -0.39 is 5.92 Å². The van der Waals surface area contributed by atoms with E-state index in [1.54, 1.807) is 6.92 Å². The van der Waals surface area contributed by atoms with Gasteiger partial charge in [-0.05, 0) is 36.5 Å². The number of ether oxygens (including phenoxy) is 1. The quantitative estimate of drug-likeness (QED) is 0.746. The fraction of sp³-hybridized carbons (Fsp3) is 0.333. The highest BCUT2D eigenvalue weighted by Crippen LogP contribution is 2.21. The monoisotopic (exact) mass is 336 g/mol. The lowest BCUT2D eigenvalue weighted by atomic mass is 9.93.